The first-order valence-electron chi connectivity index (χ1n) is 3.89. The van der Waals surface area contributed by atoms with Crippen LogP contribution in [0.1, 0.15) is 5.56 Å². The van der Waals surface area contributed by atoms with Crippen LogP contribution in [0.5, 0.6) is 5.75 Å². The lowest BCUT2D eigenvalue weighted by atomic mass is 10.2. The molecule has 0 atom stereocenters. The van der Waals surface area contributed by atoms with Crippen LogP contribution in [-0.4, -0.2) is 17.5 Å². The standard InChI is InChI=1S/C9H10O2S/c10-6-7-1-2-8-9(5-7)12-4-3-11-8/h1-2,5,10H,3-4,6H2. The zero-order valence-corrected chi connectivity index (χ0v) is 7.43. The molecule has 2 rings (SSSR count). The molecule has 2 nitrogen and oxygen atoms in total. The average Bonchev–Trinajstić information content (AvgIpc) is 2.17. The van der Waals surface area contributed by atoms with Gasteiger partial charge in [0.2, 0.25) is 0 Å². The van der Waals surface area contributed by atoms with Gasteiger partial charge in [-0.25, -0.2) is 0 Å². The van der Waals surface area contributed by atoms with Crippen molar-refractivity contribution in [1.82, 2.24) is 0 Å². The molecule has 1 aliphatic rings. The molecule has 0 radical (unpaired) electrons. The van der Waals surface area contributed by atoms with E-state index in [0.29, 0.717) is 0 Å². The maximum atomic E-state index is 8.89. The Hall–Kier alpha value is -0.670. The van der Waals surface area contributed by atoms with Crippen molar-refractivity contribution in [3.05, 3.63) is 23.8 Å². The van der Waals surface area contributed by atoms with Gasteiger partial charge in [0, 0.05) is 10.6 Å². The fraction of sp³-hybridized carbons (Fsp3) is 0.333. The summed E-state index contributed by atoms with van der Waals surface area (Å²) in [7, 11) is 0. The van der Waals surface area contributed by atoms with Crippen LogP contribution in [0.25, 0.3) is 0 Å². The average molecular weight is 182 g/mol. The summed E-state index contributed by atoms with van der Waals surface area (Å²) in [5, 5.41) is 8.89. The van der Waals surface area contributed by atoms with Crippen LogP contribution in [0.4, 0.5) is 0 Å². The molecule has 0 amide bonds. The van der Waals surface area contributed by atoms with Crippen LogP contribution < -0.4 is 4.74 Å². The van der Waals surface area contributed by atoms with Gasteiger partial charge in [-0.1, -0.05) is 6.07 Å². The summed E-state index contributed by atoms with van der Waals surface area (Å²) in [6, 6.07) is 5.80. The lowest BCUT2D eigenvalue weighted by Gasteiger charge is -2.16. The van der Waals surface area contributed by atoms with Crippen molar-refractivity contribution in [2.24, 2.45) is 0 Å². The van der Waals surface area contributed by atoms with Crippen LogP contribution in [-0.2, 0) is 6.61 Å². The Bertz CT molecular complexity index is 286. The van der Waals surface area contributed by atoms with Crippen molar-refractivity contribution in [2.75, 3.05) is 12.4 Å². The highest BCUT2D eigenvalue weighted by Crippen LogP contribution is 2.33. The summed E-state index contributed by atoms with van der Waals surface area (Å²) in [5.41, 5.74) is 0.951. The molecular formula is C9H10O2S. The van der Waals surface area contributed by atoms with E-state index in [1.54, 1.807) is 11.8 Å². The number of hydrogen-bond acceptors (Lipinski definition) is 3. The maximum absolute atomic E-state index is 8.89. The van der Waals surface area contributed by atoms with E-state index in [9.17, 15) is 0 Å². The minimum atomic E-state index is 0.105. The van der Waals surface area contributed by atoms with Gasteiger partial charge < -0.3 is 9.84 Å². The third kappa shape index (κ3) is 1.42. The number of thioether (sulfide) groups is 1. The van der Waals surface area contributed by atoms with Crippen molar-refractivity contribution < 1.29 is 9.84 Å². The molecule has 0 bridgehead atoms. The van der Waals surface area contributed by atoms with E-state index in [1.807, 2.05) is 18.2 Å². The highest BCUT2D eigenvalue weighted by Gasteiger charge is 2.10. The quantitative estimate of drug-likeness (QED) is 0.716. The number of fused-ring (bicyclic) bond motifs is 1. The summed E-state index contributed by atoms with van der Waals surface area (Å²) in [5.74, 6) is 1.95. The number of ether oxygens (including phenoxy) is 1. The summed E-state index contributed by atoms with van der Waals surface area (Å²) >= 11 is 1.78. The maximum Gasteiger partial charge on any atom is 0.132 e. The molecule has 0 aliphatic carbocycles. The van der Waals surface area contributed by atoms with Crippen molar-refractivity contribution in [3.8, 4) is 5.75 Å². The first-order valence-corrected chi connectivity index (χ1v) is 4.88. The van der Waals surface area contributed by atoms with Gasteiger partial charge in [-0.2, -0.15) is 0 Å². The zero-order chi connectivity index (χ0) is 8.39. The van der Waals surface area contributed by atoms with Crippen LogP contribution in [0.3, 0.4) is 0 Å². The second-order valence-electron chi connectivity index (χ2n) is 2.64. The molecule has 0 saturated carbocycles. The van der Waals surface area contributed by atoms with Crippen LogP contribution in [0.2, 0.25) is 0 Å². The molecule has 0 fully saturated rings. The van der Waals surface area contributed by atoms with E-state index >= 15 is 0 Å². The van der Waals surface area contributed by atoms with Gasteiger partial charge in [0.25, 0.3) is 0 Å². The van der Waals surface area contributed by atoms with Crippen LogP contribution in [0, 0.1) is 0 Å². The molecular weight excluding hydrogens is 172 g/mol. The predicted molar refractivity (Wildman–Crippen MR) is 48.6 cm³/mol. The largest absolute Gasteiger partial charge is 0.492 e. The monoisotopic (exact) mass is 182 g/mol. The van der Waals surface area contributed by atoms with Gasteiger partial charge in [0.1, 0.15) is 5.75 Å². The Morgan fingerprint density at radius 1 is 1.50 bits per heavy atom. The summed E-state index contributed by atoms with van der Waals surface area (Å²) < 4.78 is 5.42. The highest BCUT2D eigenvalue weighted by molar-refractivity contribution is 7.99. The van der Waals surface area contributed by atoms with E-state index in [1.165, 1.54) is 0 Å². The van der Waals surface area contributed by atoms with E-state index < -0.39 is 0 Å². The van der Waals surface area contributed by atoms with E-state index in [2.05, 4.69) is 0 Å². The molecule has 1 N–H and O–H groups in total. The molecule has 0 saturated heterocycles. The van der Waals surface area contributed by atoms with Gasteiger partial charge in [-0.3, -0.25) is 0 Å². The lowest BCUT2D eigenvalue weighted by Crippen LogP contribution is -2.06. The van der Waals surface area contributed by atoms with E-state index in [0.717, 1.165) is 28.6 Å². The molecule has 64 valence electrons. The zero-order valence-electron chi connectivity index (χ0n) is 6.62. The van der Waals surface area contributed by atoms with Crippen LogP contribution in [0.15, 0.2) is 23.1 Å². The number of aliphatic hydroxyl groups is 1. The number of rotatable bonds is 1. The Morgan fingerprint density at radius 2 is 2.42 bits per heavy atom. The first kappa shape index (κ1) is 7.95. The molecule has 12 heavy (non-hydrogen) atoms. The Labute approximate surface area is 75.6 Å². The van der Waals surface area contributed by atoms with Crippen molar-refractivity contribution in [2.45, 2.75) is 11.5 Å². The molecule has 1 heterocycles. The topological polar surface area (TPSA) is 29.5 Å². The smallest absolute Gasteiger partial charge is 0.132 e. The SMILES string of the molecule is OCc1ccc2c(c1)SCCO2. The third-order valence-corrected chi connectivity index (χ3v) is 2.79. The van der Waals surface area contributed by atoms with Gasteiger partial charge >= 0.3 is 0 Å². The predicted octanol–water partition coefficient (Wildman–Crippen LogP) is 1.66. The third-order valence-electron chi connectivity index (χ3n) is 1.79. The molecule has 1 aliphatic heterocycles. The molecule has 0 aromatic heterocycles. The van der Waals surface area contributed by atoms with E-state index in [4.69, 9.17) is 9.84 Å². The number of benzene rings is 1. The fourth-order valence-electron chi connectivity index (χ4n) is 1.19. The van der Waals surface area contributed by atoms with Crippen molar-refractivity contribution in [3.63, 3.8) is 0 Å². The van der Waals surface area contributed by atoms with Gasteiger partial charge in [-0.05, 0) is 17.7 Å². The minimum absolute atomic E-state index is 0.105. The molecule has 3 heteroatoms. The Balaban J connectivity index is 2.36. The molecule has 1 aromatic rings. The lowest BCUT2D eigenvalue weighted by molar-refractivity contribution is 0.280. The summed E-state index contributed by atoms with van der Waals surface area (Å²) in [4.78, 5) is 1.15. The van der Waals surface area contributed by atoms with Crippen molar-refractivity contribution in [1.29, 1.82) is 0 Å². The van der Waals surface area contributed by atoms with E-state index in [-0.39, 0.29) is 6.61 Å². The molecule has 0 unspecified atom stereocenters. The van der Waals surface area contributed by atoms with Gasteiger partial charge in [0.15, 0.2) is 0 Å². The van der Waals surface area contributed by atoms with Crippen LogP contribution >= 0.6 is 11.8 Å². The minimum Gasteiger partial charge on any atom is -0.492 e. The Morgan fingerprint density at radius 3 is 3.25 bits per heavy atom. The highest BCUT2D eigenvalue weighted by atomic mass is 32.2. The normalized spacial score (nSPS) is 15.1. The molecule has 1 aromatic carbocycles. The number of aliphatic hydroxyl groups excluding tert-OH is 1. The summed E-state index contributed by atoms with van der Waals surface area (Å²) in [6.45, 7) is 0.893. The molecule has 0 spiro atoms. The fourth-order valence-corrected chi connectivity index (χ4v) is 2.08. The second kappa shape index (κ2) is 3.37. The second-order valence-corrected chi connectivity index (χ2v) is 3.77. The first-order chi connectivity index (χ1) is 5.90. The Kier molecular flexibility index (Phi) is 2.23. The van der Waals surface area contributed by atoms with Gasteiger partial charge in [0.05, 0.1) is 13.2 Å². The van der Waals surface area contributed by atoms with Crippen molar-refractivity contribution >= 4 is 11.8 Å². The number of hydrogen-bond donors (Lipinski definition) is 1. The summed E-state index contributed by atoms with van der Waals surface area (Å²) in [6.07, 6.45) is 0. The van der Waals surface area contributed by atoms with Gasteiger partial charge in [-0.15, -0.1) is 11.8 Å².